The van der Waals surface area contributed by atoms with Crippen LogP contribution in [0.4, 0.5) is 4.39 Å². The first kappa shape index (κ1) is 24.3. The molecular weight excluding hydrogens is 495 g/mol. The van der Waals surface area contributed by atoms with Gasteiger partial charge in [0.05, 0.1) is 36.6 Å². The molecular formula is C28H22ClFN4O3. The van der Waals surface area contributed by atoms with E-state index in [0.29, 0.717) is 44.5 Å². The Balaban J connectivity index is 1.61. The number of carbonyl (C=O) groups is 1. The second-order valence-electron chi connectivity index (χ2n) is 8.24. The molecule has 0 aliphatic rings. The molecule has 0 unspecified atom stereocenters. The van der Waals surface area contributed by atoms with Crippen LogP contribution >= 0.6 is 11.6 Å². The Labute approximate surface area is 217 Å². The van der Waals surface area contributed by atoms with Crippen LogP contribution in [0, 0.1) is 5.82 Å². The molecule has 0 fully saturated rings. The van der Waals surface area contributed by atoms with Gasteiger partial charge in [0.2, 0.25) is 0 Å². The number of carbonyl (C=O) groups excluding carboxylic acids is 1. The van der Waals surface area contributed by atoms with Crippen molar-refractivity contribution in [2.75, 3.05) is 14.2 Å². The molecule has 0 bridgehead atoms. The number of nitrogens with zero attached hydrogens (tertiary/aromatic N) is 2. The molecule has 2 N–H and O–H groups in total. The number of aromatic amines is 1. The smallest absolute Gasteiger partial charge is 0.252 e. The van der Waals surface area contributed by atoms with Gasteiger partial charge in [0.15, 0.2) is 17.1 Å². The van der Waals surface area contributed by atoms with Crippen LogP contribution in [0.3, 0.4) is 0 Å². The van der Waals surface area contributed by atoms with E-state index in [0.717, 1.165) is 16.7 Å². The van der Waals surface area contributed by atoms with E-state index in [4.69, 9.17) is 26.1 Å². The van der Waals surface area contributed by atoms with Crippen molar-refractivity contribution in [3.05, 3.63) is 94.8 Å². The highest BCUT2D eigenvalue weighted by molar-refractivity contribution is 6.30. The van der Waals surface area contributed by atoms with Crippen LogP contribution in [0.15, 0.2) is 72.8 Å². The van der Waals surface area contributed by atoms with Gasteiger partial charge in [0.1, 0.15) is 5.82 Å². The molecule has 0 atom stereocenters. The number of H-pyrrole nitrogens is 1. The largest absolute Gasteiger partial charge is 0.493 e. The van der Waals surface area contributed by atoms with Crippen LogP contribution in [-0.2, 0) is 6.54 Å². The zero-order chi connectivity index (χ0) is 25.9. The molecule has 186 valence electrons. The fourth-order valence-electron chi connectivity index (χ4n) is 4.05. The molecule has 2 aromatic heterocycles. The van der Waals surface area contributed by atoms with Crippen molar-refractivity contribution in [1.29, 1.82) is 0 Å². The molecule has 5 rings (SSSR count). The quantitative estimate of drug-likeness (QED) is 0.275. The van der Waals surface area contributed by atoms with Gasteiger partial charge in [-0.3, -0.25) is 9.89 Å². The van der Waals surface area contributed by atoms with Crippen molar-refractivity contribution in [3.8, 4) is 34.0 Å². The lowest BCUT2D eigenvalue weighted by Gasteiger charge is -2.12. The van der Waals surface area contributed by atoms with Gasteiger partial charge in [-0.05, 0) is 54.1 Å². The first-order valence-corrected chi connectivity index (χ1v) is 11.7. The van der Waals surface area contributed by atoms with Crippen molar-refractivity contribution in [2.24, 2.45) is 0 Å². The Bertz CT molecular complexity index is 1580. The molecule has 0 saturated carbocycles. The van der Waals surface area contributed by atoms with Gasteiger partial charge in [-0.2, -0.15) is 5.10 Å². The van der Waals surface area contributed by atoms with Crippen LogP contribution in [-0.4, -0.2) is 35.3 Å². The number of rotatable bonds is 7. The Kier molecular flexibility index (Phi) is 6.74. The van der Waals surface area contributed by atoms with Gasteiger partial charge in [-0.25, -0.2) is 9.37 Å². The summed E-state index contributed by atoms with van der Waals surface area (Å²) in [6, 6.07) is 20.3. The second kappa shape index (κ2) is 10.3. The van der Waals surface area contributed by atoms with Gasteiger partial charge in [-0.15, -0.1) is 0 Å². The van der Waals surface area contributed by atoms with E-state index in [9.17, 15) is 9.18 Å². The van der Waals surface area contributed by atoms with Crippen LogP contribution in [0.25, 0.3) is 33.5 Å². The number of ether oxygens (including phenoxy) is 2. The molecule has 2 heterocycles. The fourth-order valence-corrected chi connectivity index (χ4v) is 4.18. The summed E-state index contributed by atoms with van der Waals surface area (Å²) < 4.78 is 24.1. The zero-order valence-corrected chi connectivity index (χ0v) is 20.8. The number of hydrogen-bond donors (Lipinski definition) is 2. The molecule has 1 amide bonds. The molecule has 0 radical (unpaired) electrons. The Hall–Kier alpha value is -4.43. The highest BCUT2D eigenvalue weighted by Gasteiger charge is 2.21. The lowest BCUT2D eigenvalue weighted by atomic mass is 10.0. The predicted molar refractivity (Wildman–Crippen MR) is 140 cm³/mol. The van der Waals surface area contributed by atoms with E-state index < -0.39 is 0 Å². The van der Waals surface area contributed by atoms with Gasteiger partial charge in [0, 0.05) is 22.7 Å². The van der Waals surface area contributed by atoms with Crippen LogP contribution in [0.2, 0.25) is 5.02 Å². The number of methoxy groups -OCH3 is 2. The molecule has 0 saturated heterocycles. The van der Waals surface area contributed by atoms with Crippen LogP contribution in [0.1, 0.15) is 15.9 Å². The zero-order valence-electron chi connectivity index (χ0n) is 20.0. The lowest BCUT2D eigenvalue weighted by molar-refractivity contribution is 0.0952. The summed E-state index contributed by atoms with van der Waals surface area (Å²) in [6.07, 6.45) is 0. The Morgan fingerprint density at radius 3 is 2.35 bits per heavy atom. The van der Waals surface area contributed by atoms with Crippen molar-refractivity contribution < 1.29 is 18.7 Å². The summed E-state index contributed by atoms with van der Waals surface area (Å²) in [6.45, 7) is 0.225. The Morgan fingerprint density at radius 2 is 1.65 bits per heavy atom. The SMILES string of the molecule is COc1ccc(-c2cc(C(=O)NCc3ccc(F)cc3)c3c(-c4ccc(Cl)cc4)[nH]nc3n2)cc1OC. The molecule has 37 heavy (non-hydrogen) atoms. The number of amides is 1. The third-order valence-electron chi connectivity index (χ3n) is 5.95. The van der Waals surface area contributed by atoms with E-state index in [1.165, 1.54) is 12.1 Å². The molecule has 0 aliphatic carbocycles. The summed E-state index contributed by atoms with van der Waals surface area (Å²) in [5, 5.41) is 11.5. The van der Waals surface area contributed by atoms with Crippen molar-refractivity contribution in [1.82, 2.24) is 20.5 Å². The standard InChI is InChI=1S/C28H22ClFN4O3/c1-36-23-12-7-18(13-24(23)37-2)22-14-21(28(35)31-15-16-3-10-20(30)11-4-16)25-26(33-34-27(25)32-22)17-5-8-19(29)9-6-17/h3-14H,15H2,1-2H3,(H,31,35)(H,32,33,34). The maximum absolute atomic E-state index is 13.5. The van der Waals surface area contributed by atoms with Gasteiger partial charge >= 0.3 is 0 Å². The average Bonchev–Trinajstić information content (AvgIpc) is 3.36. The number of benzene rings is 3. The maximum atomic E-state index is 13.5. The first-order chi connectivity index (χ1) is 18.0. The number of aromatic nitrogens is 3. The van der Waals surface area contributed by atoms with Crippen molar-refractivity contribution in [3.63, 3.8) is 0 Å². The topological polar surface area (TPSA) is 89.1 Å². The highest BCUT2D eigenvalue weighted by Crippen LogP contribution is 2.35. The second-order valence-corrected chi connectivity index (χ2v) is 8.67. The van der Waals surface area contributed by atoms with Crippen molar-refractivity contribution >= 4 is 28.5 Å². The molecule has 9 heteroatoms. The number of pyridine rings is 1. The van der Waals surface area contributed by atoms with Gasteiger partial charge in [0.25, 0.3) is 5.91 Å². The summed E-state index contributed by atoms with van der Waals surface area (Å²) in [7, 11) is 3.12. The number of hydrogen-bond acceptors (Lipinski definition) is 5. The van der Waals surface area contributed by atoms with Gasteiger partial charge in [-0.1, -0.05) is 35.9 Å². The minimum atomic E-state index is -0.337. The minimum absolute atomic E-state index is 0.225. The van der Waals surface area contributed by atoms with E-state index in [2.05, 4.69) is 15.5 Å². The average molecular weight is 517 g/mol. The van der Waals surface area contributed by atoms with E-state index in [-0.39, 0.29) is 18.3 Å². The van der Waals surface area contributed by atoms with E-state index in [1.807, 2.05) is 18.2 Å². The molecule has 0 spiro atoms. The van der Waals surface area contributed by atoms with Crippen molar-refractivity contribution in [2.45, 2.75) is 6.54 Å². The predicted octanol–water partition coefficient (Wildman–Crippen LogP) is 6.03. The van der Waals surface area contributed by atoms with Crippen LogP contribution in [0.5, 0.6) is 11.5 Å². The molecule has 0 aliphatic heterocycles. The third-order valence-corrected chi connectivity index (χ3v) is 6.20. The molecule has 7 nitrogen and oxygen atoms in total. The van der Waals surface area contributed by atoms with E-state index >= 15 is 0 Å². The summed E-state index contributed by atoms with van der Waals surface area (Å²) in [5.74, 6) is 0.453. The monoisotopic (exact) mass is 516 g/mol. The third kappa shape index (κ3) is 4.96. The number of halogens is 2. The first-order valence-electron chi connectivity index (χ1n) is 11.4. The van der Waals surface area contributed by atoms with E-state index in [1.54, 1.807) is 56.7 Å². The number of fused-ring (bicyclic) bond motifs is 1. The minimum Gasteiger partial charge on any atom is -0.493 e. The summed E-state index contributed by atoms with van der Waals surface area (Å²) >= 11 is 6.07. The highest BCUT2D eigenvalue weighted by atomic mass is 35.5. The Morgan fingerprint density at radius 1 is 0.946 bits per heavy atom. The number of nitrogens with one attached hydrogen (secondary N) is 2. The molecule has 5 aromatic rings. The van der Waals surface area contributed by atoms with Crippen LogP contribution < -0.4 is 14.8 Å². The fraction of sp³-hybridized carbons (Fsp3) is 0.107. The van der Waals surface area contributed by atoms with Gasteiger partial charge < -0.3 is 14.8 Å². The maximum Gasteiger partial charge on any atom is 0.252 e. The summed E-state index contributed by atoms with van der Waals surface area (Å²) in [5.41, 5.74) is 4.24. The summed E-state index contributed by atoms with van der Waals surface area (Å²) in [4.78, 5) is 18.2. The lowest BCUT2D eigenvalue weighted by Crippen LogP contribution is -2.23. The normalized spacial score (nSPS) is 10.9. The molecule has 3 aromatic carbocycles.